The molecule has 0 unspecified atom stereocenters. The van der Waals surface area contributed by atoms with E-state index in [1.807, 2.05) is 18.2 Å². The van der Waals surface area contributed by atoms with Crippen LogP contribution in [0.1, 0.15) is 0 Å². The van der Waals surface area contributed by atoms with E-state index in [0.717, 1.165) is 99.5 Å². The van der Waals surface area contributed by atoms with Gasteiger partial charge in [-0.25, -0.2) is 9.97 Å². The van der Waals surface area contributed by atoms with Crippen molar-refractivity contribution in [2.75, 3.05) is 0 Å². The van der Waals surface area contributed by atoms with Crippen LogP contribution in [0.15, 0.2) is 211 Å². The molecule has 0 radical (unpaired) electrons. The van der Waals surface area contributed by atoms with Gasteiger partial charge in [0.05, 0.1) is 33.5 Å². The summed E-state index contributed by atoms with van der Waals surface area (Å²) in [5.74, 6) is 0.629. The Kier molecular flexibility index (Phi) is 7.24. The Bertz CT molecular complexity index is 3800. The van der Waals surface area contributed by atoms with Crippen LogP contribution in [0.2, 0.25) is 0 Å². The van der Waals surface area contributed by atoms with Gasteiger partial charge in [-0.3, -0.25) is 4.57 Å². The van der Waals surface area contributed by atoms with E-state index in [4.69, 9.17) is 14.4 Å². The molecule has 9 aromatic carbocycles. The predicted molar refractivity (Wildman–Crippen MR) is 252 cm³/mol. The molecule has 0 atom stereocenters. The van der Waals surface area contributed by atoms with Crippen LogP contribution in [0.4, 0.5) is 0 Å². The molecule has 0 aliphatic heterocycles. The summed E-state index contributed by atoms with van der Waals surface area (Å²) < 4.78 is 11.4. The molecule has 0 bridgehead atoms. The monoisotopic (exact) mass is 778 g/mol. The van der Waals surface area contributed by atoms with Crippen molar-refractivity contribution in [3.05, 3.63) is 206 Å². The van der Waals surface area contributed by atoms with Crippen molar-refractivity contribution in [2.24, 2.45) is 0 Å². The lowest BCUT2D eigenvalue weighted by molar-refractivity contribution is 0.670. The predicted octanol–water partition coefficient (Wildman–Crippen LogP) is 14.7. The Morgan fingerprint density at radius 3 is 1.69 bits per heavy atom. The molecule has 0 aliphatic carbocycles. The highest BCUT2D eigenvalue weighted by molar-refractivity contribution is 6.25. The second-order valence-electron chi connectivity index (χ2n) is 15.8. The van der Waals surface area contributed by atoms with Crippen molar-refractivity contribution in [3.8, 4) is 45.3 Å². The molecule has 4 aromatic heterocycles. The van der Waals surface area contributed by atoms with Crippen LogP contribution in [0.25, 0.3) is 122 Å². The van der Waals surface area contributed by atoms with E-state index in [9.17, 15) is 0 Å². The first kappa shape index (κ1) is 33.7. The van der Waals surface area contributed by atoms with Gasteiger partial charge in [-0.2, -0.15) is 0 Å². The number of furan rings is 1. The molecule has 4 heterocycles. The quantitative estimate of drug-likeness (QED) is 0.175. The van der Waals surface area contributed by atoms with E-state index in [2.05, 4.69) is 197 Å². The Morgan fingerprint density at radius 1 is 0.361 bits per heavy atom. The number of rotatable bonds is 5. The fourth-order valence-corrected chi connectivity index (χ4v) is 9.56. The van der Waals surface area contributed by atoms with Gasteiger partial charge in [-0.15, -0.1) is 0 Å². The summed E-state index contributed by atoms with van der Waals surface area (Å²) in [6.07, 6.45) is 0. The summed E-state index contributed by atoms with van der Waals surface area (Å²) in [4.78, 5) is 10.7. The van der Waals surface area contributed by atoms with E-state index < -0.39 is 0 Å². The van der Waals surface area contributed by atoms with E-state index in [-0.39, 0.29) is 0 Å². The molecular weight excluding hydrogens is 745 g/mol. The van der Waals surface area contributed by atoms with Crippen molar-refractivity contribution >= 4 is 76.3 Å². The molecule has 0 N–H and O–H groups in total. The Hall–Kier alpha value is -8.28. The lowest BCUT2D eigenvalue weighted by atomic mass is 10.0. The van der Waals surface area contributed by atoms with Crippen LogP contribution >= 0.6 is 0 Å². The van der Waals surface area contributed by atoms with Gasteiger partial charge in [-0.1, -0.05) is 158 Å². The zero-order valence-corrected chi connectivity index (χ0v) is 32.8. The van der Waals surface area contributed by atoms with Gasteiger partial charge >= 0.3 is 0 Å². The van der Waals surface area contributed by atoms with Crippen molar-refractivity contribution < 1.29 is 4.42 Å². The summed E-state index contributed by atoms with van der Waals surface area (Å²) in [7, 11) is 0. The van der Waals surface area contributed by atoms with Gasteiger partial charge in [0, 0.05) is 54.7 Å². The van der Waals surface area contributed by atoms with Crippen molar-refractivity contribution in [1.82, 2.24) is 19.1 Å². The van der Waals surface area contributed by atoms with Gasteiger partial charge in [0.1, 0.15) is 11.2 Å². The first-order chi connectivity index (χ1) is 30.2. The van der Waals surface area contributed by atoms with Crippen molar-refractivity contribution in [1.29, 1.82) is 0 Å². The molecule has 5 heteroatoms. The summed E-state index contributed by atoms with van der Waals surface area (Å²) in [5.41, 5.74) is 13.2. The van der Waals surface area contributed by atoms with E-state index in [0.29, 0.717) is 5.95 Å². The highest BCUT2D eigenvalue weighted by atomic mass is 16.3. The van der Waals surface area contributed by atoms with Gasteiger partial charge in [0.25, 0.3) is 0 Å². The molecule has 284 valence electrons. The highest BCUT2D eigenvalue weighted by Crippen LogP contribution is 2.44. The summed E-state index contributed by atoms with van der Waals surface area (Å²) in [6.45, 7) is 0. The number of benzene rings is 9. The fourth-order valence-electron chi connectivity index (χ4n) is 9.56. The molecule has 0 fully saturated rings. The zero-order valence-electron chi connectivity index (χ0n) is 32.8. The maximum Gasteiger partial charge on any atom is 0.235 e. The van der Waals surface area contributed by atoms with Crippen LogP contribution in [0, 0.1) is 0 Å². The molecule has 0 saturated heterocycles. The van der Waals surface area contributed by atoms with Crippen LogP contribution in [0.3, 0.4) is 0 Å². The second kappa shape index (κ2) is 13.1. The molecule has 61 heavy (non-hydrogen) atoms. The molecular formula is C56H34N4O. The first-order valence-electron chi connectivity index (χ1n) is 20.7. The van der Waals surface area contributed by atoms with E-state index in [1.165, 1.54) is 16.2 Å². The molecule has 0 amide bonds. The molecule has 0 aliphatic rings. The lowest BCUT2D eigenvalue weighted by Gasteiger charge is -2.13. The summed E-state index contributed by atoms with van der Waals surface area (Å²) in [6, 6.07) is 73.1. The topological polar surface area (TPSA) is 48.8 Å². The largest absolute Gasteiger partial charge is 0.455 e. The minimum absolute atomic E-state index is 0.629. The number of fused-ring (bicyclic) bond motifs is 11. The molecule has 5 nitrogen and oxygen atoms in total. The third-order valence-corrected chi connectivity index (χ3v) is 12.3. The number of hydrogen-bond acceptors (Lipinski definition) is 3. The smallest absolute Gasteiger partial charge is 0.235 e. The Balaban J connectivity index is 1.16. The summed E-state index contributed by atoms with van der Waals surface area (Å²) >= 11 is 0. The third-order valence-electron chi connectivity index (χ3n) is 12.3. The molecule has 0 spiro atoms. The van der Waals surface area contributed by atoms with Gasteiger partial charge in [0.15, 0.2) is 0 Å². The summed E-state index contributed by atoms with van der Waals surface area (Å²) in [5, 5.41) is 9.21. The Morgan fingerprint density at radius 2 is 0.951 bits per heavy atom. The average molecular weight is 779 g/mol. The molecule has 13 aromatic rings. The highest BCUT2D eigenvalue weighted by Gasteiger charge is 2.23. The minimum atomic E-state index is 0.629. The van der Waals surface area contributed by atoms with Crippen LogP contribution < -0.4 is 0 Å². The molecule has 0 saturated carbocycles. The van der Waals surface area contributed by atoms with Gasteiger partial charge in [-0.05, 0) is 64.9 Å². The Labute approximate surface area is 350 Å². The van der Waals surface area contributed by atoms with Crippen LogP contribution in [-0.2, 0) is 0 Å². The number of aromatic nitrogens is 4. The average Bonchev–Trinajstić information content (AvgIpc) is 3.98. The number of nitrogens with zero attached hydrogens (tertiary/aromatic N) is 4. The fraction of sp³-hybridized carbons (Fsp3) is 0. The van der Waals surface area contributed by atoms with Gasteiger partial charge in [0.2, 0.25) is 5.95 Å². The van der Waals surface area contributed by atoms with E-state index in [1.54, 1.807) is 0 Å². The molecule has 13 rings (SSSR count). The maximum absolute atomic E-state index is 6.64. The normalized spacial score (nSPS) is 11.9. The SMILES string of the molecule is c1ccc(-c2cc(-c3ccccc3)nc(-n3c4ccccc4c4cc5c(cc43)c3c4ccccc4ccc3n5-c3cc(-c4ccccc4)c4oc5ccccc5c4c3)n2)cc1. The number of hydrogen-bond donors (Lipinski definition) is 0. The zero-order chi connectivity index (χ0) is 40.0. The lowest BCUT2D eigenvalue weighted by Crippen LogP contribution is -2.04. The van der Waals surface area contributed by atoms with E-state index >= 15 is 0 Å². The maximum atomic E-state index is 6.64. The van der Waals surface area contributed by atoms with Crippen molar-refractivity contribution in [2.45, 2.75) is 0 Å². The third kappa shape index (κ3) is 5.14. The second-order valence-corrected chi connectivity index (χ2v) is 15.8. The number of para-hydroxylation sites is 2. The van der Waals surface area contributed by atoms with Gasteiger partial charge < -0.3 is 8.98 Å². The van der Waals surface area contributed by atoms with Crippen LogP contribution in [-0.4, -0.2) is 19.1 Å². The van der Waals surface area contributed by atoms with Crippen LogP contribution in [0.5, 0.6) is 0 Å². The van der Waals surface area contributed by atoms with Crippen molar-refractivity contribution in [3.63, 3.8) is 0 Å². The minimum Gasteiger partial charge on any atom is -0.455 e. The first-order valence-corrected chi connectivity index (χ1v) is 20.7. The standard InChI is InChI=1S/C56H34N4O/c1-4-16-35(17-5-1)43-30-39(31-45-42-25-13-15-27-53(42)61-55(43)45)59-50-29-28-36-18-10-11-23-40(36)54(50)46-33-51-44(32-52(46)59)41-24-12-14-26-49(41)60(51)56-57-47(37-19-6-2-7-20-37)34-48(58-56)38-21-8-3-9-22-38/h1-34H.